The van der Waals surface area contributed by atoms with Crippen LogP contribution < -0.4 is 10.6 Å². The average molecular weight is 447 g/mol. The summed E-state index contributed by atoms with van der Waals surface area (Å²) in [6, 6.07) is 8.64. The van der Waals surface area contributed by atoms with E-state index in [4.69, 9.17) is 34.8 Å². The van der Waals surface area contributed by atoms with E-state index >= 15 is 0 Å². The van der Waals surface area contributed by atoms with Crippen LogP contribution >= 0.6 is 34.8 Å². The first-order valence-electron chi connectivity index (χ1n) is 8.62. The van der Waals surface area contributed by atoms with Gasteiger partial charge in [0.2, 0.25) is 0 Å². The number of hydrogen-bond acceptors (Lipinski definition) is 4. The summed E-state index contributed by atoms with van der Waals surface area (Å²) >= 11 is 18.3. The molecule has 9 heteroatoms. The Balaban J connectivity index is 1.54. The van der Waals surface area contributed by atoms with Crippen LogP contribution in [0.4, 0.5) is 17.2 Å². The molecule has 1 amide bonds. The minimum atomic E-state index is -0.360. The molecule has 0 atom stereocenters. The summed E-state index contributed by atoms with van der Waals surface area (Å²) in [6.45, 7) is 1.84. The Morgan fingerprint density at radius 1 is 1.10 bits per heavy atom. The van der Waals surface area contributed by atoms with E-state index in [1.54, 1.807) is 36.5 Å². The lowest BCUT2D eigenvalue weighted by Gasteiger charge is -2.06. The van der Waals surface area contributed by atoms with Crippen LogP contribution in [0.5, 0.6) is 0 Å². The summed E-state index contributed by atoms with van der Waals surface area (Å²) in [5, 5.41) is 7.37. The highest BCUT2D eigenvalue weighted by atomic mass is 35.5. The van der Waals surface area contributed by atoms with E-state index in [1.807, 2.05) is 6.92 Å². The number of aryl methyl sites for hydroxylation is 1. The molecule has 3 heterocycles. The maximum Gasteiger partial charge on any atom is 0.275 e. The van der Waals surface area contributed by atoms with Gasteiger partial charge < -0.3 is 10.6 Å². The van der Waals surface area contributed by atoms with E-state index < -0.39 is 0 Å². The van der Waals surface area contributed by atoms with E-state index in [1.165, 1.54) is 6.20 Å². The molecule has 0 saturated carbocycles. The van der Waals surface area contributed by atoms with Crippen molar-refractivity contribution < 1.29 is 4.79 Å². The first-order valence-corrected chi connectivity index (χ1v) is 9.75. The third kappa shape index (κ3) is 4.19. The largest absolute Gasteiger partial charge is 0.342 e. The topological polar surface area (TPSA) is 79.3 Å². The molecule has 1 aromatic carbocycles. The second-order valence-electron chi connectivity index (χ2n) is 6.43. The maximum absolute atomic E-state index is 12.5. The van der Waals surface area contributed by atoms with Crippen LogP contribution in [0.1, 0.15) is 21.6 Å². The van der Waals surface area contributed by atoms with Crippen molar-refractivity contribution in [2.75, 3.05) is 10.6 Å². The van der Waals surface area contributed by atoms with Crippen LogP contribution in [-0.2, 0) is 6.42 Å². The molecule has 2 N–H and O–H groups in total. The monoisotopic (exact) mass is 445 g/mol. The van der Waals surface area contributed by atoms with Crippen LogP contribution in [0.2, 0.25) is 15.1 Å². The van der Waals surface area contributed by atoms with Gasteiger partial charge in [-0.05, 0) is 42.3 Å². The normalized spacial score (nSPS) is 13.9. The average Bonchev–Trinajstić information content (AvgIpc) is 3.09. The molecule has 0 saturated heterocycles. The first kappa shape index (κ1) is 19.6. The quantitative estimate of drug-likeness (QED) is 0.541. The second kappa shape index (κ2) is 7.99. The van der Waals surface area contributed by atoms with E-state index in [0.717, 1.165) is 16.8 Å². The molecule has 0 radical (unpaired) electrons. The Hall–Kier alpha value is -2.67. The van der Waals surface area contributed by atoms with Gasteiger partial charge in [-0.25, -0.2) is 15.0 Å². The van der Waals surface area contributed by atoms with E-state index in [2.05, 4.69) is 25.6 Å². The van der Waals surface area contributed by atoms with Crippen molar-refractivity contribution in [2.24, 2.45) is 4.99 Å². The molecule has 0 bridgehead atoms. The molecule has 0 fully saturated rings. The Kier molecular flexibility index (Phi) is 5.41. The molecule has 3 aromatic rings. The highest BCUT2D eigenvalue weighted by molar-refractivity contribution is 6.39. The number of nitrogens with one attached hydrogen (secondary N) is 2. The number of carbonyl (C=O) groups excluding carboxylic acids is 1. The van der Waals surface area contributed by atoms with Crippen molar-refractivity contribution in [2.45, 2.75) is 13.3 Å². The van der Waals surface area contributed by atoms with Crippen LogP contribution in [-0.4, -0.2) is 21.7 Å². The van der Waals surface area contributed by atoms with Crippen LogP contribution in [0.25, 0.3) is 0 Å². The molecule has 29 heavy (non-hydrogen) atoms. The second-order valence-corrected chi connectivity index (χ2v) is 7.65. The number of anilines is 2. The fourth-order valence-corrected chi connectivity index (χ4v) is 3.43. The molecule has 0 unspecified atom stereocenters. The Bertz CT molecular complexity index is 1140. The smallest absolute Gasteiger partial charge is 0.275 e. The standard InChI is InChI=1S/C20H14Cl3N5O/c1-10-5-17(25-8-14(10)23)28-20(29)15-6-11-7-18(26-16(11)9-24-15)27-19-12(21)3-2-4-13(19)22/h2-6,8-9H,7H2,1H3,(H,26,27)(H,25,28,29). The van der Waals surface area contributed by atoms with Crippen LogP contribution in [0.3, 0.4) is 0 Å². The van der Waals surface area contributed by atoms with Crippen molar-refractivity contribution >= 4 is 63.7 Å². The Morgan fingerprint density at radius 3 is 2.59 bits per heavy atom. The van der Waals surface area contributed by atoms with Crippen molar-refractivity contribution in [3.05, 3.63) is 74.6 Å². The van der Waals surface area contributed by atoms with Crippen LogP contribution in [0, 0.1) is 6.92 Å². The lowest BCUT2D eigenvalue weighted by Crippen LogP contribution is -2.15. The van der Waals surface area contributed by atoms with Gasteiger partial charge in [0, 0.05) is 12.6 Å². The summed E-state index contributed by atoms with van der Waals surface area (Å²) in [5.74, 6) is 0.721. The number of benzene rings is 1. The van der Waals surface area contributed by atoms with Gasteiger partial charge >= 0.3 is 0 Å². The molecule has 2 aromatic heterocycles. The number of halogens is 3. The fourth-order valence-electron chi connectivity index (χ4n) is 2.85. The van der Waals surface area contributed by atoms with Crippen molar-refractivity contribution in [1.82, 2.24) is 9.97 Å². The predicted octanol–water partition coefficient (Wildman–Crippen LogP) is 5.70. The van der Waals surface area contributed by atoms with Crippen molar-refractivity contribution in [1.29, 1.82) is 0 Å². The number of para-hydroxylation sites is 1. The molecule has 0 aliphatic carbocycles. The zero-order valence-electron chi connectivity index (χ0n) is 15.1. The van der Waals surface area contributed by atoms with E-state index in [-0.39, 0.29) is 11.6 Å². The number of hydrogen-bond donors (Lipinski definition) is 2. The highest BCUT2D eigenvalue weighted by Gasteiger charge is 2.20. The zero-order valence-corrected chi connectivity index (χ0v) is 17.4. The number of nitrogens with zero attached hydrogens (tertiary/aromatic N) is 3. The van der Waals surface area contributed by atoms with Gasteiger partial charge in [-0.15, -0.1) is 0 Å². The molecule has 0 spiro atoms. The third-order valence-electron chi connectivity index (χ3n) is 4.33. The number of carbonyl (C=O) groups is 1. The first-order chi connectivity index (χ1) is 13.9. The summed E-state index contributed by atoms with van der Waals surface area (Å²) in [6.07, 6.45) is 3.59. The number of amides is 1. The number of fused-ring (bicyclic) bond motifs is 1. The molecule has 146 valence electrons. The molecular weight excluding hydrogens is 433 g/mol. The number of amidine groups is 1. The van der Waals surface area contributed by atoms with Gasteiger partial charge in [0.25, 0.3) is 5.91 Å². The van der Waals surface area contributed by atoms with Gasteiger partial charge in [0.15, 0.2) is 0 Å². The van der Waals surface area contributed by atoms with Gasteiger partial charge in [-0.2, -0.15) is 0 Å². The predicted molar refractivity (Wildman–Crippen MR) is 117 cm³/mol. The Labute approximate surface area is 182 Å². The maximum atomic E-state index is 12.5. The number of aliphatic imine (C=N–C) groups is 1. The van der Waals surface area contributed by atoms with Gasteiger partial charge in [-0.1, -0.05) is 40.9 Å². The number of rotatable bonds is 3. The zero-order chi connectivity index (χ0) is 20.5. The summed E-state index contributed by atoms with van der Waals surface area (Å²) in [4.78, 5) is 25.4. The highest BCUT2D eigenvalue weighted by Crippen LogP contribution is 2.34. The minimum Gasteiger partial charge on any atom is -0.342 e. The number of aromatic nitrogens is 2. The van der Waals surface area contributed by atoms with E-state index in [9.17, 15) is 4.79 Å². The molecule has 1 aliphatic rings. The van der Waals surface area contributed by atoms with Crippen molar-refractivity contribution in [3.63, 3.8) is 0 Å². The van der Waals surface area contributed by atoms with Gasteiger partial charge in [-0.3, -0.25) is 4.79 Å². The summed E-state index contributed by atoms with van der Waals surface area (Å²) in [5.41, 5.74) is 3.27. The molecule has 4 rings (SSSR count). The van der Waals surface area contributed by atoms with Gasteiger partial charge in [0.05, 0.1) is 27.0 Å². The molecular formula is C20H14Cl3N5O. The summed E-state index contributed by atoms with van der Waals surface area (Å²) in [7, 11) is 0. The Morgan fingerprint density at radius 2 is 1.86 bits per heavy atom. The SMILES string of the molecule is Cc1cc(NC(=O)c2cc3c(cn2)NC(=Nc2c(Cl)cccc2Cl)C3)ncc1Cl. The minimum absolute atomic E-state index is 0.275. The molecule has 1 aliphatic heterocycles. The summed E-state index contributed by atoms with van der Waals surface area (Å²) < 4.78 is 0. The lowest BCUT2D eigenvalue weighted by molar-refractivity contribution is 0.102. The van der Waals surface area contributed by atoms with Crippen molar-refractivity contribution in [3.8, 4) is 0 Å². The lowest BCUT2D eigenvalue weighted by atomic mass is 10.1. The fraction of sp³-hybridized carbons (Fsp3) is 0.100. The number of pyridine rings is 2. The van der Waals surface area contributed by atoms with Crippen LogP contribution in [0.15, 0.2) is 47.7 Å². The van der Waals surface area contributed by atoms with E-state index in [0.29, 0.717) is 38.8 Å². The van der Waals surface area contributed by atoms with Gasteiger partial charge in [0.1, 0.15) is 23.0 Å². The third-order valence-corrected chi connectivity index (χ3v) is 5.34. The molecule has 6 nitrogen and oxygen atoms in total.